The van der Waals surface area contributed by atoms with Crippen LogP contribution in [0.2, 0.25) is 0 Å². The summed E-state index contributed by atoms with van der Waals surface area (Å²) in [5, 5.41) is 0. The Labute approximate surface area is 173 Å². The summed E-state index contributed by atoms with van der Waals surface area (Å²) >= 11 is 0. The number of fused-ring (bicyclic) bond motifs is 6. The van der Waals surface area contributed by atoms with Crippen LogP contribution in [-0.2, 0) is 16.1 Å². The van der Waals surface area contributed by atoms with Gasteiger partial charge in [0, 0.05) is 17.2 Å². The Morgan fingerprint density at radius 2 is 1.47 bits per heavy atom. The first-order chi connectivity index (χ1) is 14.6. The summed E-state index contributed by atoms with van der Waals surface area (Å²) < 4.78 is 0. The Hall–Kier alpha value is -3.12. The maximum absolute atomic E-state index is 13.7. The van der Waals surface area contributed by atoms with Crippen LogP contribution in [0.5, 0.6) is 0 Å². The molecule has 30 heavy (non-hydrogen) atoms. The van der Waals surface area contributed by atoms with Crippen LogP contribution in [0.25, 0.3) is 0 Å². The summed E-state index contributed by atoms with van der Waals surface area (Å²) in [6, 6.07) is 15.9. The van der Waals surface area contributed by atoms with Crippen molar-refractivity contribution in [3.05, 3.63) is 71.3 Å². The Bertz CT molecular complexity index is 1090. The first kappa shape index (κ1) is 17.7. The van der Waals surface area contributed by atoms with E-state index in [0.29, 0.717) is 17.7 Å². The number of carbonyl (C=O) groups excluding carboxylic acids is 4. The summed E-state index contributed by atoms with van der Waals surface area (Å²) in [5.41, 5.74) is 0.0308. The molecule has 3 atom stereocenters. The highest BCUT2D eigenvalue weighted by molar-refractivity contribution is 6.35. The van der Waals surface area contributed by atoms with Crippen molar-refractivity contribution in [3.63, 3.8) is 0 Å². The lowest BCUT2D eigenvalue weighted by molar-refractivity contribution is -0.142. The minimum Gasteiger partial charge on any atom is -0.291 e. The molecule has 3 aliphatic heterocycles. The summed E-state index contributed by atoms with van der Waals surface area (Å²) in [5.74, 6) is -2.84. The molecule has 0 radical (unpaired) electrons. The number of hydrogen-bond acceptors (Lipinski definition) is 5. The van der Waals surface area contributed by atoms with Crippen molar-refractivity contribution in [2.24, 2.45) is 11.8 Å². The highest BCUT2D eigenvalue weighted by atomic mass is 16.2. The summed E-state index contributed by atoms with van der Waals surface area (Å²) in [6.07, 6.45) is 1.53. The molecule has 0 unspecified atom stereocenters. The smallest absolute Gasteiger partial charge is 0.236 e. The zero-order valence-corrected chi connectivity index (χ0v) is 16.3. The Morgan fingerprint density at radius 3 is 2.13 bits per heavy atom. The summed E-state index contributed by atoms with van der Waals surface area (Å²) in [6.45, 7) is 0.728. The van der Waals surface area contributed by atoms with Gasteiger partial charge in [-0.05, 0) is 24.9 Å². The van der Waals surface area contributed by atoms with Gasteiger partial charge < -0.3 is 0 Å². The molecule has 0 aromatic heterocycles. The molecule has 3 heterocycles. The van der Waals surface area contributed by atoms with E-state index < -0.39 is 23.3 Å². The molecular formula is C24H20N2O4. The van der Waals surface area contributed by atoms with Crippen LogP contribution >= 0.6 is 0 Å². The SMILES string of the molecule is O=C1[C@@H]2[C@@H]3CCCN3C3(C(=O)c4ccccc4C3=O)[C@H]2C(=O)N1Cc1ccccc1. The van der Waals surface area contributed by atoms with Gasteiger partial charge in [0.05, 0.1) is 18.4 Å². The Kier molecular flexibility index (Phi) is 3.51. The summed E-state index contributed by atoms with van der Waals surface area (Å²) in [4.78, 5) is 57.6. The number of hydrogen-bond donors (Lipinski definition) is 0. The van der Waals surface area contributed by atoms with E-state index in [4.69, 9.17) is 0 Å². The molecule has 6 rings (SSSR count). The molecular weight excluding hydrogens is 380 g/mol. The van der Waals surface area contributed by atoms with Crippen molar-refractivity contribution in [1.82, 2.24) is 9.80 Å². The zero-order chi connectivity index (χ0) is 20.6. The lowest BCUT2D eigenvalue weighted by Gasteiger charge is -2.35. The highest BCUT2D eigenvalue weighted by Crippen LogP contribution is 2.56. The van der Waals surface area contributed by atoms with Crippen LogP contribution in [0, 0.1) is 11.8 Å². The molecule has 0 N–H and O–H groups in total. The van der Waals surface area contributed by atoms with E-state index in [1.165, 1.54) is 4.90 Å². The Morgan fingerprint density at radius 1 is 0.833 bits per heavy atom. The normalized spacial score (nSPS) is 29.1. The van der Waals surface area contributed by atoms with Crippen LogP contribution in [0.3, 0.4) is 0 Å². The molecule has 6 nitrogen and oxygen atoms in total. The molecule has 0 saturated carbocycles. The van der Waals surface area contributed by atoms with E-state index >= 15 is 0 Å². The van der Waals surface area contributed by atoms with Crippen molar-refractivity contribution in [2.75, 3.05) is 6.54 Å². The van der Waals surface area contributed by atoms with Crippen molar-refractivity contribution >= 4 is 23.4 Å². The molecule has 3 saturated heterocycles. The molecule has 2 amide bonds. The van der Waals surface area contributed by atoms with Crippen LogP contribution < -0.4 is 0 Å². The third-order valence-corrected chi connectivity index (χ3v) is 7.35. The van der Waals surface area contributed by atoms with Gasteiger partial charge >= 0.3 is 0 Å². The van der Waals surface area contributed by atoms with Crippen LogP contribution in [-0.4, -0.2) is 51.3 Å². The molecule has 6 heteroatoms. The van der Waals surface area contributed by atoms with Gasteiger partial charge in [-0.2, -0.15) is 0 Å². The quantitative estimate of drug-likeness (QED) is 0.570. The lowest BCUT2D eigenvalue weighted by atomic mass is 9.76. The monoisotopic (exact) mass is 400 g/mol. The standard InChI is InChI=1S/C24H20N2O4/c27-20-15-9-4-5-10-16(15)21(28)24(20)19-18(17-11-6-12-26(17)24)22(29)25(23(19)30)13-14-7-2-1-3-8-14/h1-5,7-10,17-19H,6,11-13H2/t17-,18+,19+/m0/s1. The molecule has 2 aromatic carbocycles. The molecule has 2 aromatic rings. The number of benzene rings is 2. The first-order valence-corrected chi connectivity index (χ1v) is 10.4. The molecule has 0 bridgehead atoms. The van der Waals surface area contributed by atoms with Gasteiger partial charge in [0.25, 0.3) is 0 Å². The van der Waals surface area contributed by atoms with Crippen LogP contribution in [0.15, 0.2) is 54.6 Å². The number of nitrogens with zero attached hydrogens (tertiary/aromatic N) is 2. The average molecular weight is 400 g/mol. The van der Waals surface area contributed by atoms with Crippen LogP contribution in [0.1, 0.15) is 39.1 Å². The predicted molar refractivity (Wildman–Crippen MR) is 107 cm³/mol. The second-order valence-corrected chi connectivity index (χ2v) is 8.62. The topological polar surface area (TPSA) is 74.8 Å². The minimum atomic E-state index is -1.56. The average Bonchev–Trinajstić information content (AvgIpc) is 3.46. The molecule has 4 aliphatic rings. The number of amides is 2. The highest BCUT2D eigenvalue weighted by Gasteiger charge is 2.76. The number of rotatable bonds is 2. The van der Waals surface area contributed by atoms with Gasteiger partial charge in [-0.3, -0.25) is 29.0 Å². The fourth-order valence-electron chi connectivity index (χ4n) is 6.22. The van der Waals surface area contributed by atoms with Gasteiger partial charge in [0.15, 0.2) is 17.1 Å². The van der Waals surface area contributed by atoms with E-state index in [9.17, 15) is 19.2 Å². The van der Waals surface area contributed by atoms with Crippen molar-refractivity contribution in [1.29, 1.82) is 0 Å². The Balaban J connectivity index is 1.49. The van der Waals surface area contributed by atoms with Gasteiger partial charge in [-0.1, -0.05) is 54.6 Å². The molecule has 1 spiro atoms. The van der Waals surface area contributed by atoms with Gasteiger partial charge in [0.2, 0.25) is 11.8 Å². The second-order valence-electron chi connectivity index (χ2n) is 8.62. The summed E-state index contributed by atoms with van der Waals surface area (Å²) in [7, 11) is 0. The number of likely N-dealkylation sites (tertiary alicyclic amines) is 1. The van der Waals surface area contributed by atoms with Gasteiger partial charge in [-0.25, -0.2) is 0 Å². The first-order valence-electron chi connectivity index (χ1n) is 10.4. The fraction of sp³-hybridized carbons (Fsp3) is 0.333. The van der Waals surface area contributed by atoms with E-state index in [2.05, 4.69) is 0 Å². The number of imide groups is 1. The van der Waals surface area contributed by atoms with Gasteiger partial charge in [-0.15, -0.1) is 0 Å². The third-order valence-electron chi connectivity index (χ3n) is 7.35. The maximum atomic E-state index is 13.7. The fourth-order valence-corrected chi connectivity index (χ4v) is 6.22. The van der Waals surface area contributed by atoms with E-state index in [1.54, 1.807) is 24.3 Å². The van der Waals surface area contributed by atoms with Crippen molar-refractivity contribution in [2.45, 2.75) is 31.0 Å². The van der Waals surface area contributed by atoms with E-state index in [0.717, 1.165) is 18.4 Å². The molecule has 1 aliphatic carbocycles. The third kappa shape index (κ3) is 1.92. The molecule has 3 fully saturated rings. The zero-order valence-electron chi connectivity index (χ0n) is 16.3. The van der Waals surface area contributed by atoms with Crippen LogP contribution in [0.4, 0.5) is 0 Å². The largest absolute Gasteiger partial charge is 0.291 e. The second kappa shape index (κ2) is 5.95. The van der Waals surface area contributed by atoms with E-state index in [-0.39, 0.29) is 30.1 Å². The van der Waals surface area contributed by atoms with Gasteiger partial charge in [0.1, 0.15) is 0 Å². The number of ketones is 2. The number of Topliss-reactive ketones (excluding diaryl/α,β-unsaturated/α-hetero) is 2. The predicted octanol–water partition coefficient (Wildman–Crippen LogP) is 2.08. The van der Waals surface area contributed by atoms with Crippen molar-refractivity contribution < 1.29 is 19.2 Å². The minimum absolute atomic E-state index is 0.170. The maximum Gasteiger partial charge on any atom is 0.236 e. The van der Waals surface area contributed by atoms with Crippen molar-refractivity contribution in [3.8, 4) is 0 Å². The number of carbonyl (C=O) groups is 4. The van der Waals surface area contributed by atoms with E-state index in [1.807, 2.05) is 35.2 Å². The molecule has 150 valence electrons. The lowest BCUT2D eigenvalue weighted by Crippen LogP contribution is -2.59.